The second-order valence-electron chi connectivity index (χ2n) is 3.81. The Morgan fingerprint density at radius 1 is 1.25 bits per heavy atom. The summed E-state index contributed by atoms with van der Waals surface area (Å²) in [7, 11) is 3.35. The Labute approximate surface area is 101 Å². The summed E-state index contributed by atoms with van der Waals surface area (Å²) in [6, 6.07) is 5.83. The predicted molar refractivity (Wildman–Crippen MR) is 66.4 cm³/mol. The minimum atomic E-state index is 0.144. The summed E-state index contributed by atoms with van der Waals surface area (Å²) in [6.07, 6.45) is 4.09. The van der Waals surface area contributed by atoms with Gasteiger partial charge in [0, 0.05) is 5.56 Å². The lowest BCUT2D eigenvalue weighted by Crippen LogP contribution is -1.92. The van der Waals surface area contributed by atoms with E-state index in [2.05, 4.69) is 6.08 Å². The van der Waals surface area contributed by atoms with Crippen molar-refractivity contribution >= 4 is 17.2 Å². The second kappa shape index (κ2) is 4.79. The standard InChI is InChI=1S/C13H15ClO2/c1-15-11-5-6-13(16-2)12(8-11)9-3-4-10(14)7-9/h5-8,10H,3-4H2,1-2H3. The van der Waals surface area contributed by atoms with Gasteiger partial charge in [-0.3, -0.25) is 0 Å². The van der Waals surface area contributed by atoms with Gasteiger partial charge in [-0.05, 0) is 36.6 Å². The molecule has 0 spiro atoms. The van der Waals surface area contributed by atoms with E-state index in [1.165, 1.54) is 5.57 Å². The van der Waals surface area contributed by atoms with E-state index < -0.39 is 0 Å². The van der Waals surface area contributed by atoms with Crippen molar-refractivity contribution in [2.75, 3.05) is 14.2 Å². The molecule has 1 aromatic rings. The van der Waals surface area contributed by atoms with Gasteiger partial charge in [0.2, 0.25) is 0 Å². The lowest BCUT2D eigenvalue weighted by atomic mass is 10.0. The molecule has 86 valence electrons. The zero-order valence-electron chi connectivity index (χ0n) is 9.50. The van der Waals surface area contributed by atoms with Gasteiger partial charge in [-0.15, -0.1) is 11.6 Å². The number of methoxy groups -OCH3 is 2. The minimum absolute atomic E-state index is 0.144. The molecule has 0 N–H and O–H groups in total. The zero-order chi connectivity index (χ0) is 11.5. The Hall–Kier alpha value is -1.15. The maximum absolute atomic E-state index is 6.08. The first-order chi connectivity index (χ1) is 7.74. The first-order valence-electron chi connectivity index (χ1n) is 5.31. The quantitative estimate of drug-likeness (QED) is 0.751. The smallest absolute Gasteiger partial charge is 0.126 e. The molecule has 0 fully saturated rings. The summed E-state index contributed by atoms with van der Waals surface area (Å²) < 4.78 is 10.6. The molecule has 0 saturated carbocycles. The number of hydrogen-bond acceptors (Lipinski definition) is 2. The molecule has 1 unspecified atom stereocenters. The van der Waals surface area contributed by atoms with Crippen LogP contribution in [-0.2, 0) is 0 Å². The van der Waals surface area contributed by atoms with Crippen molar-refractivity contribution in [1.29, 1.82) is 0 Å². The number of hydrogen-bond donors (Lipinski definition) is 0. The first-order valence-corrected chi connectivity index (χ1v) is 5.75. The van der Waals surface area contributed by atoms with Crippen LogP contribution in [-0.4, -0.2) is 19.6 Å². The maximum atomic E-state index is 6.08. The van der Waals surface area contributed by atoms with Crippen LogP contribution in [0.1, 0.15) is 18.4 Å². The van der Waals surface area contributed by atoms with Gasteiger partial charge in [-0.1, -0.05) is 6.08 Å². The fourth-order valence-electron chi connectivity index (χ4n) is 1.97. The van der Waals surface area contributed by atoms with E-state index >= 15 is 0 Å². The van der Waals surface area contributed by atoms with Crippen molar-refractivity contribution in [2.45, 2.75) is 18.2 Å². The van der Waals surface area contributed by atoms with Crippen LogP contribution in [0, 0.1) is 0 Å². The first kappa shape index (κ1) is 11.3. The molecule has 0 aliphatic heterocycles. The van der Waals surface area contributed by atoms with Crippen LogP contribution in [0.2, 0.25) is 0 Å². The van der Waals surface area contributed by atoms with E-state index in [0.29, 0.717) is 0 Å². The predicted octanol–water partition coefficient (Wildman–Crippen LogP) is 3.49. The van der Waals surface area contributed by atoms with Crippen molar-refractivity contribution in [3.8, 4) is 11.5 Å². The van der Waals surface area contributed by atoms with E-state index in [4.69, 9.17) is 21.1 Å². The third kappa shape index (κ3) is 2.17. The Bertz CT molecular complexity index is 412. The van der Waals surface area contributed by atoms with Crippen molar-refractivity contribution < 1.29 is 9.47 Å². The van der Waals surface area contributed by atoms with Gasteiger partial charge in [0.25, 0.3) is 0 Å². The monoisotopic (exact) mass is 238 g/mol. The number of halogens is 1. The summed E-state index contributed by atoms with van der Waals surface area (Å²) in [5.41, 5.74) is 2.33. The van der Waals surface area contributed by atoms with Gasteiger partial charge >= 0.3 is 0 Å². The second-order valence-corrected chi connectivity index (χ2v) is 4.37. The highest BCUT2D eigenvalue weighted by Crippen LogP contribution is 2.37. The Balaban J connectivity index is 2.41. The third-order valence-corrected chi connectivity index (χ3v) is 3.17. The van der Waals surface area contributed by atoms with Crippen LogP contribution >= 0.6 is 11.6 Å². The van der Waals surface area contributed by atoms with Crippen LogP contribution in [0.4, 0.5) is 0 Å². The van der Waals surface area contributed by atoms with Crippen molar-refractivity contribution in [3.05, 3.63) is 29.8 Å². The van der Waals surface area contributed by atoms with Gasteiger partial charge in [0.1, 0.15) is 11.5 Å². The Morgan fingerprint density at radius 2 is 2.06 bits per heavy atom. The number of rotatable bonds is 3. The van der Waals surface area contributed by atoms with Crippen molar-refractivity contribution in [3.63, 3.8) is 0 Å². The van der Waals surface area contributed by atoms with E-state index in [9.17, 15) is 0 Å². The number of alkyl halides is 1. The van der Waals surface area contributed by atoms with Gasteiger partial charge in [0.05, 0.1) is 19.6 Å². The molecule has 0 saturated heterocycles. The fraction of sp³-hybridized carbons (Fsp3) is 0.385. The van der Waals surface area contributed by atoms with Crippen LogP contribution in [0.25, 0.3) is 5.57 Å². The molecular weight excluding hydrogens is 224 g/mol. The Morgan fingerprint density at radius 3 is 2.62 bits per heavy atom. The van der Waals surface area contributed by atoms with Crippen molar-refractivity contribution in [2.24, 2.45) is 0 Å². The molecule has 2 rings (SSSR count). The molecule has 16 heavy (non-hydrogen) atoms. The summed E-state index contributed by atoms with van der Waals surface area (Å²) >= 11 is 6.08. The summed E-state index contributed by atoms with van der Waals surface area (Å²) in [6.45, 7) is 0. The highest BCUT2D eigenvalue weighted by atomic mass is 35.5. The van der Waals surface area contributed by atoms with E-state index in [1.54, 1.807) is 14.2 Å². The van der Waals surface area contributed by atoms with E-state index in [1.807, 2.05) is 18.2 Å². The average Bonchev–Trinajstić information content (AvgIpc) is 2.75. The molecule has 0 aromatic heterocycles. The minimum Gasteiger partial charge on any atom is -0.497 e. The zero-order valence-corrected chi connectivity index (χ0v) is 10.3. The molecule has 0 radical (unpaired) electrons. The normalized spacial score (nSPS) is 19.4. The van der Waals surface area contributed by atoms with Crippen LogP contribution in [0.15, 0.2) is 24.3 Å². The highest BCUT2D eigenvalue weighted by molar-refractivity contribution is 6.22. The summed E-state index contributed by atoms with van der Waals surface area (Å²) in [4.78, 5) is 0. The van der Waals surface area contributed by atoms with E-state index in [0.717, 1.165) is 29.9 Å². The van der Waals surface area contributed by atoms with Crippen molar-refractivity contribution in [1.82, 2.24) is 0 Å². The molecular formula is C13H15ClO2. The van der Waals surface area contributed by atoms with Gasteiger partial charge in [-0.25, -0.2) is 0 Å². The van der Waals surface area contributed by atoms with Gasteiger partial charge < -0.3 is 9.47 Å². The van der Waals surface area contributed by atoms with Crippen LogP contribution < -0.4 is 9.47 Å². The molecule has 1 aromatic carbocycles. The topological polar surface area (TPSA) is 18.5 Å². The molecule has 0 bridgehead atoms. The average molecular weight is 239 g/mol. The van der Waals surface area contributed by atoms with Gasteiger partial charge in [-0.2, -0.15) is 0 Å². The SMILES string of the molecule is COc1ccc(OC)c(C2=CC(Cl)CC2)c1. The lowest BCUT2D eigenvalue weighted by molar-refractivity contribution is 0.402. The molecule has 1 atom stereocenters. The molecule has 1 aliphatic rings. The number of benzene rings is 1. The Kier molecular flexibility index (Phi) is 3.39. The molecule has 0 amide bonds. The van der Waals surface area contributed by atoms with Gasteiger partial charge in [0.15, 0.2) is 0 Å². The lowest BCUT2D eigenvalue weighted by Gasteiger charge is -2.11. The molecule has 2 nitrogen and oxygen atoms in total. The fourth-order valence-corrected chi connectivity index (χ4v) is 2.23. The molecule has 1 aliphatic carbocycles. The molecule has 3 heteroatoms. The number of ether oxygens (including phenoxy) is 2. The molecule has 0 heterocycles. The summed E-state index contributed by atoms with van der Waals surface area (Å²) in [5.74, 6) is 1.72. The maximum Gasteiger partial charge on any atom is 0.126 e. The third-order valence-electron chi connectivity index (χ3n) is 2.82. The largest absolute Gasteiger partial charge is 0.497 e. The van der Waals surface area contributed by atoms with Crippen LogP contribution in [0.5, 0.6) is 11.5 Å². The number of allylic oxidation sites excluding steroid dienone is 2. The summed E-state index contributed by atoms with van der Waals surface area (Å²) in [5, 5.41) is 0.144. The van der Waals surface area contributed by atoms with Crippen LogP contribution in [0.3, 0.4) is 0 Å². The van der Waals surface area contributed by atoms with E-state index in [-0.39, 0.29) is 5.38 Å². The highest BCUT2D eigenvalue weighted by Gasteiger charge is 2.18.